The van der Waals surface area contributed by atoms with Gasteiger partial charge in [-0.1, -0.05) is 23.7 Å². The van der Waals surface area contributed by atoms with Crippen molar-refractivity contribution in [2.45, 2.75) is 19.1 Å². The second-order valence-corrected chi connectivity index (χ2v) is 6.61. The third-order valence-corrected chi connectivity index (χ3v) is 4.55. The molecule has 0 spiro atoms. The molecule has 3 heterocycles. The van der Waals surface area contributed by atoms with Crippen LogP contribution in [0.5, 0.6) is 0 Å². The second-order valence-electron chi connectivity index (χ2n) is 5.24. The van der Waals surface area contributed by atoms with E-state index in [-0.39, 0.29) is 6.23 Å². The van der Waals surface area contributed by atoms with Gasteiger partial charge in [0.15, 0.2) is 20.8 Å². The number of benzene rings is 1. The molecule has 1 aliphatic heterocycles. The van der Waals surface area contributed by atoms with Gasteiger partial charge in [0.05, 0.1) is 17.0 Å². The summed E-state index contributed by atoms with van der Waals surface area (Å²) < 4.78 is 8.36. The van der Waals surface area contributed by atoms with E-state index >= 15 is 0 Å². The maximum Gasteiger partial charge on any atom is 0.194 e. The van der Waals surface area contributed by atoms with Crippen LogP contribution in [0.1, 0.15) is 19.1 Å². The normalized spacial score (nSPS) is 17.7. The molecule has 8 heteroatoms. The molecule has 0 amide bonds. The lowest BCUT2D eigenvalue weighted by Crippen LogP contribution is -2.08. The third kappa shape index (κ3) is 2.88. The largest absolute Gasteiger partial charge is 0.358 e. The van der Waals surface area contributed by atoms with Crippen LogP contribution in [0.3, 0.4) is 0 Å². The minimum atomic E-state index is -0.00105. The van der Waals surface area contributed by atoms with Crippen LogP contribution in [0.25, 0.3) is 11.2 Å². The zero-order valence-electron chi connectivity index (χ0n) is 12.0. The smallest absolute Gasteiger partial charge is 0.194 e. The molecular formula is C15H13ClIN5O. The molecule has 1 saturated heterocycles. The van der Waals surface area contributed by atoms with E-state index in [0.717, 1.165) is 30.8 Å². The molecule has 1 aromatic carbocycles. The van der Waals surface area contributed by atoms with Gasteiger partial charge in [-0.25, -0.2) is 15.0 Å². The number of hydrogen-bond acceptors (Lipinski definition) is 5. The summed E-state index contributed by atoms with van der Waals surface area (Å²) in [7, 11) is 0. The van der Waals surface area contributed by atoms with Gasteiger partial charge in [0.25, 0.3) is 0 Å². The van der Waals surface area contributed by atoms with Gasteiger partial charge in [0, 0.05) is 29.2 Å². The Balaban J connectivity index is 1.79. The highest BCUT2D eigenvalue weighted by molar-refractivity contribution is 14.1. The van der Waals surface area contributed by atoms with E-state index in [4.69, 9.17) is 16.3 Å². The Bertz CT molecular complexity index is 862. The first-order chi connectivity index (χ1) is 11.2. The highest BCUT2D eigenvalue weighted by Crippen LogP contribution is 2.31. The van der Waals surface area contributed by atoms with Gasteiger partial charge in [-0.05, 0) is 25.0 Å². The molecule has 1 unspecified atom stereocenters. The molecule has 3 aromatic rings. The molecule has 1 aliphatic rings. The van der Waals surface area contributed by atoms with Crippen molar-refractivity contribution < 1.29 is 4.74 Å². The monoisotopic (exact) mass is 441 g/mol. The fraction of sp³-hybridized carbons (Fsp3) is 0.267. The van der Waals surface area contributed by atoms with E-state index in [2.05, 4.69) is 42.9 Å². The lowest BCUT2D eigenvalue weighted by molar-refractivity contribution is 0.0592. The zero-order chi connectivity index (χ0) is 15.8. The molecule has 23 heavy (non-hydrogen) atoms. The van der Waals surface area contributed by atoms with Crippen LogP contribution in [-0.4, -0.2) is 26.1 Å². The Morgan fingerprint density at radius 3 is 2.96 bits per heavy atom. The first-order valence-electron chi connectivity index (χ1n) is 7.25. The first kappa shape index (κ1) is 15.1. The summed E-state index contributed by atoms with van der Waals surface area (Å²) in [5, 5.41) is 3.89. The number of nitrogens with one attached hydrogen (secondary N) is 1. The summed E-state index contributed by atoms with van der Waals surface area (Å²) in [6, 6.07) is 7.54. The molecule has 4 rings (SSSR count). The van der Waals surface area contributed by atoms with Crippen LogP contribution in [0.2, 0.25) is 5.02 Å². The number of fused-ring (bicyclic) bond motifs is 1. The molecule has 2 aromatic heterocycles. The Hall–Kier alpha value is -1.45. The molecule has 0 radical (unpaired) electrons. The van der Waals surface area contributed by atoms with Crippen LogP contribution >= 0.6 is 34.2 Å². The second kappa shape index (κ2) is 6.21. The van der Waals surface area contributed by atoms with Crippen LogP contribution in [0, 0.1) is 3.83 Å². The number of para-hydroxylation sites is 1. The van der Waals surface area contributed by atoms with Gasteiger partial charge in [0.1, 0.15) is 6.23 Å². The van der Waals surface area contributed by atoms with E-state index in [1.807, 2.05) is 28.8 Å². The Kier molecular flexibility index (Phi) is 4.08. The number of ether oxygens (including phenoxy) is 1. The number of imidazole rings is 1. The zero-order valence-corrected chi connectivity index (χ0v) is 15.0. The van der Waals surface area contributed by atoms with Crippen molar-refractivity contribution in [3.8, 4) is 0 Å². The van der Waals surface area contributed by atoms with Crippen LogP contribution in [0.15, 0.2) is 30.6 Å². The van der Waals surface area contributed by atoms with Crippen LogP contribution in [0.4, 0.5) is 11.5 Å². The number of hydrogen-bond donors (Lipinski definition) is 1. The predicted octanol–water partition coefficient (Wildman–Crippen LogP) is 4.14. The molecule has 0 aliphatic carbocycles. The molecule has 1 N–H and O–H groups in total. The van der Waals surface area contributed by atoms with E-state index in [9.17, 15) is 0 Å². The number of anilines is 2. The van der Waals surface area contributed by atoms with E-state index in [1.54, 1.807) is 6.33 Å². The molecule has 0 saturated carbocycles. The minimum Gasteiger partial charge on any atom is -0.358 e. The van der Waals surface area contributed by atoms with E-state index in [0.29, 0.717) is 20.2 Å². The van der Waals surface area contributed by atoms with E-state index < -0.39 is 0 Å². The topological polar surface area (TPSA) is 64.9 Å². The Morgan fingerprint density at radius 2 is 2.17 bits per heavy atom. The summed E-state index contributed by atoms with van der Waals surface area (Å²) in [6.07, 6.45) is 3.79. The van der Waals surface area contributed by atoms with Gasteiger partial charge in [0.2, 0.25) is 0 Å². The van der Waals surface area contributed by atoms with Crippen LogP contribution < -0.4 is 5.32 Å². The summed E-state index contributed by atoms with van der Waals surface area (Å²) in [6.45, 7) is 0.775. The van der Waals surface area contributed by atoms with Gasteiger partial charge in [-0.2, -0.15) is 0 Å². The lowest BCUT2D eigenvalue weighted by Gasteiger charge is -2.12. The number of aromatic nitrogens is 4. The SMILES string of the molecule is Clc1ccccc1Nc1nc(I)nc2c1ncn2C1CCCO1. The van der Waals surface area contributed by atoms with Gasteiger partial charge < -0.3 is 10.1 Å². The summed E-state index contributed by atoms with van der Waals surface area (Å²) >= 11 is 8.33. The summed E-state index contributed by atoms with van der Waals surface area (Å²) in [5.74, 6) is 0.643. The fourth-order valence-corrected chi connectivity index (χ4v) is 3.31. The van der Waals surface area contributed by atoms with Crippen molar-refractivity contribution in [3.63, 3.8) is 0 Å². The third-order valence-electron chi connectivity index (χ3n) is 3.74. The van der Waals surface area contributed by atoms with Crippen LogP contribution in [-0.2, 0) is 4.74 Å². The standard InChI is InChI=1S/C15H13ClIN5O/c16-9-4-1-2-5-10(9)19-13-12-14(21-15(17)20-13)22(8-18-12)11-6-3-7-23-11/h1-2,4-5,8,11H,3,6-7H2,(H,19,20,21). The highest BCUT2D eigenvalue weighted by atomic mass is 127. The van der Waals surface area contributed by atoms with Gasteiger partial charge in [-0.15, -0.1) is 0 Å². The average molecular weight is 442 g/mol. The molecule has 1 atom stereocenters. The van der Waals surface area contributed by atoms with Crippen molar-refractivity contribution >= 4 is 56.9 Å². The van der Waals surface area contributed by atoms with Gasteiger partial charge >= 0.3 is 0 Å². The molecular weight excluding hydrogens is 429 g/mol. The minimum absolute atomic E-state index is 0.00105. The maximum atomic E-state index is 6.22. The molecule has 0 bridgehead atoms. The first-order valence-corrected chi connectivity index (χ1v) is 8.71. The summed E-state index contributed by atoms with van der Waals surface area (Å²) in [4.78, 5) is 13.5. The molecule has 1 fully saturated rings. The molecule has 118 valence electrons. The quantitative estimate of drug-likeness (QED) is 0.489. The number of halogens is 2. The summed E-state index contributed by atoms with van der Waals surface area (Å²) in [5.41, 5.74) is 2.27. The number of nitrogens with zero attached hydrogens (tertiary/aromatic N) is 4. The maximum absolute atomic E-state index is 6.22. The average Bonchev–Trinajstić information content (AvgIpc) is 3.18. The van der Waals surface area contributed by atoms with Gasteiger partial charge in [-0.3, -0.25) is 4.57 Å². The Labute approximate surface area is 151 Å². The van der Waals surface area contributed by atoms with E-state index in [1.165, 1.54) is 0 Å². The number of rotatable bonds is 3. The van der Waals surface area contributed by atoms with Crippen molar-refractivity contribution in [2.75, 3.05) is 11.9 Å². The highest BCUT2D eigenvalue weighted by Gasteiger charge is 2.22. The van der Waals surface area contributed by atoms with Crippen molar-refractivity contribution in [2.24, 2.45) is 0 Å². The van der Waals surface area contributed by atoms with Crippen molar-refractivity contribution in [1.29, 1.82) is 0 Å². The fourth-order valence-electron chi connectivity index (χ4n) is 2.66. The molecule has 6 nitrogen and oxygen atoms in total. The van der Waals surface area contributed by atoms with Crippen molar-refractivity contribution in [1.82, 2.24) is 19.5 Å². The Morgan fingerprint density at radius 1 is 1.30 bits per heavy atom. The predicted molar refractivity (Wildman–Crippen MR) is 97.0 cm³/mol. The lowest BCUT2D eigenvalue weighted by atomic mass is 10.3. The van der Waals surface area contributed by atoms with Crippen molar-refractivity contribution in [3.05, 3.63) is 39.4 Å².